The summed E-state index contributed by atoms with van der Waals surface area (Å²) in [6.45, 7) is 2.61. The maximum atomic E-state index is 13.3. The molecule has 4 rings (SSSR count). The Kier molecular flexibility index (Phi) is 6.69. The van der Waals surface area contributed by atoms with Crippen LogP contribution in [0, 0.1) is 0 Å². The highest BCUT2D eigenvalue weighted by Gasteiger charge is 2.14. The van der Waals surface area contributed by atoms with Gasteiger partial charge in [0.05, 0.1) is 17.9 Å². The van der Waals surface area contributed by atoms with Gasteiger partial charge in [0.15, 0.2) is 5.84 Å². The first-order valence-electron chi connectivity index (χ1n) is 11.1. The number of aryl methyl sites for hydroxylation is 1. The SMILES string of the molecule is CCCCc1cn(-c2ccccc2)c(=O)n1Cc1ccc(-c2ccccc2/C(N)=N/N)nc1. The summed E-state index contributed by atoms with van der Waals surface area (Å²) in [6.07, 6.45) is 6.70. The molecule has 0 spiro atoms. The van der Waals surface area contributed by atoms with Crippen molar-refractivity contribution in [3.8, 4) is 16.9 Å². The van der Waals surface area contributed by atoms with E-state index in [4.69, 9.17) is 11.6 Å². The maximum Gasteiger partial charge on any atom is 0.333 e. The third-order valence-electron chi connectivity index (χ3n) is 5.67. The molecule has 0 aliphatic carbocycles. The summed E-state index contributed by atoms with van der Waals surface area (Å²) < 4.78 is 3.56. The van der Waals surface area contributed by atoms with Crippen LogP contribution in [0.2, 0.25) is 0 Å². The largest absolute Gasteiger partial charge is 0.382 e. The van der Waals surface area contributed by atoms with E-state index in [0.717, 1.165) is 53.0 Å². The third-order valence-corrected chi connectivity index (χ3v) is 5.67. The lowest BCUT2D eigenvalue weighted by molar-refractivity contribution is 0.672. The van der Waals surface area contributed by atoms with Crippen molar-refractivity contribution in [1.82, 2.24) is 14.1 Å². The molecular formula is C26H28N6O. The molecule has 0 aliphatic rings. The molecule has 2 heterocycles. The summed E-state index contributed by atoms with van der Waals surface area (Å²) in [7, 11) is 0. The molecule has 0 saturated carbocycles. The standard InChI is InChI=1S/C26H28N6O/c1-2-3-9-21-18-32(20-10-5-4-6-11-20)26(33)31(21)17-19-14-15-24(29-16-19)22-12-7-8-13-23(22)25(27)30-28/h4-8,10-16,18H,2-3,9,17,28H2,1H3,(H2,27,30). The molecule has 0 aliphatic heterocycles. The molecule has 33 heavy (non-hydrogen) atoms. The lowest BCUT2D eigenvalue weighted by Gasteiger charge is -2.10. The number of hydrogen-bond acceptors (Lipinski definition) is 4. The third kappa shape index (κ3) is 4.72. The van der Waals surface area contributed by atoms with Gasteiger partial charge in [-0.1, -0.05) is 61.9 Å². The summed E-state index contributed by atoms with van der Waals surface area (Å²) in [5.74, 6) is 5.63. The molecule has 0 fully saturated rings. The predicted molar refractivity (Wildman–Crippen MR) is 132 cm³/mol. The van der Waals surface area contributed by atoms with E-state index in [2.05, 4.69) is 17.0 Å². The normalized spacial score (nSPS) is 11.6. The number of hydrogen-bond donors (Lipinski definition) is 2. The molecule has 7 heteroatoms. The molecule has 0 amide bonds. The quantitative estimate of drug-likeness (QED) is 0.189. The van der Waals surface area contributed by atoms with Crippen LogP contribution in [0.5, 0.6) is 0 Å². The molecule has 0 unspecified atom stereocenters. The molecular weight excluding hydrogens is 412 g/mol. The van der Waals surface area contributed by atoms with Gasteiger partial charge in [0.1, 0.15) is 0 Å². The number of aromatic nitrogens is 3. The summed E-state index contributed by atoms with van der Waals surface area (Å²) in [5, 5.41) is 3.62. The fourth-order valence-electron chi connectivity index (χ4n) is 3.89. The monoisotopic (exact) mass is 440 g/mol. The zero-order valence-electron chi connectivity index (χ0n) is 18.7. The number of nitrogens with two attached hydrogens (primary N) is 2. The van der Waals surface area contributed by atoms with E-state index in [1.807, 2.05) is 77.5 Å². The molecule has 7 nitrogen and oxygen atoms in total. The van der Waals surface area contributed by atoms with Crippen LogP contribution in [0.15, 0.2) is 89.0 Å². The Hall–Kier alpha value is -4.13. The Morgan fingerprint density at radius 2 is 1.79 bits per heavy atom. The number of imidazole rings is 1. The second kappa shape index (κ2) is 9.99. The van der Waals surface area contributed by atoms with Gasteiger partial charge in [0, 0.05) is 29.2 Å². The minimum absolute atomic E-state index is 0.0475. The highest BCUT2D eigenvalue weighted by molar-refractivity contribution is 6.02. The first-order valence-corrected chi connectivity index (χ1v) is 11.1. The summed E-state index contributed by atoms with van der Waals surface area (Å²) in [6, 6.07) is 21.2. The minimum Gasteiger partial charge on any atom is -0.382 e. The van der Waals surface area contributed by atoms with Crippen molar-refractivity contribution in [2.45, 2.75) is 32.7 Å². The fraction of sp³-hybridized carbons (Fsp3) is 0.192. The number of unbranched alkanes of at least 4 members (excludes halogenated alkanes) is 1. The van der Waals surface area contributed by atoms with Crippen molar-refractivity contribution >= 4 is 5.84 Å². The first-order chi connectivity index (χ1) is 16.1. The van der Waals surface area contributed by atoms with E-state index in [0.29, 0.717) is 6.54 Å². The van der Waals surface area contributed by atoms with E-state index < -0.39 is 0 Å². The van der Waals surface area contributed by atoms with E-state index >= 15 is 0 Å². The molecule has 0 bridgehead atoms. The van der Waals surface area contributed by atoms with Gasteiger partial charge in [-0.3, -0.25) is 14.1 Å². The number of para-hydroxylation sites is 1. The second-order valence-corrected chi connectivity index (χ2v) is 7.91. The molecule has 2 aromatic heterocycles. The van der Waals surface area contributed by atoms with Crippen LogP contribution in [0.3, 0.4) is 0 Å². The number of nitrogens with zero attached hydrogens (tertiary/aromatic N) is 4. The average molecular weight is 441 g/mol. The molecule has 4 N–H and O–H groups in total. The van der Waals surface area contributed by atoms with Crippen molar-refractivity contribution < 1.29 is 0 Å². The van der Waals surface area contributed by atoms with Crippen molar-refractivity contribution in [2.24, 2.45) is 16.7 Å². The van der Waals surface area contributed by atoms with Gasteiger partial charge in [0.25, 0.3) is 0 Å². The van der Waals surface area contributed by atoms with E-state index in [1.165, 1.54) is 0 Å². The highest BCUT2D eigenvalue weighted by Crippen LogP contribution is 2.22. The van der Waals surface area contributed by atoms with E-state index in [9.17, 15) is 4.79 Å². The molecule has 2 aromatic carbocycles. The molecule has 0 atom stereocenters. The van der Waals surface area contributed by atoms with Crippen LogP contribution in [-0.2, 0) is 13.0 Å². The van der Waals surface area contributed by atoms with Crippen molar-refractivity contribution in [3.05, 3.63) is 106 Å². The number of pyridine rings is 1. The summed E-state index contributed by atoms with van der Waals surface area (Å²) in [4.78, 5) is 17.9. The second-order valence-electron chi connectivity index (χ2n) is 7.91. The van der Waals surface area contributed by atoms with E-state index in [1.54, 1.807) is 10.8 Å². The Bertz CT molecular complexity index is 1300. The van der Waals surface area contributed by atoms with Gasteiger partial charge in [0.2, 0.25) is 0 Å². The Morgan fingerprint density at radius 3 is 2.48 bits per heavy atom. The molecule has 4 aromatic rings. The van der Waals surface area contributed by atoms with Gasteiger partial charge < -0.3 is 11.6 Å². The smallest absolute Gasteiger partial charge is 0.333 e. The maximum absolute atomic E-state index is 13.3. The topological polar surface area (TPSA) is 104 Å². The van der Waals surface area contributed by atoms with Crippen molar-refractivity contribution in [3.63, 3.8) is 0 Å². The van der Waals surface area contributed by atoms with Crippen LogP contribution in [0.1, 0.15) is 36.6 Å². The van der Waals surface area contributed by atoms with Gasteiger partial charge >= 0.3 is 5.69 Å². The molecule has 168 valence electrons. The van der Waals surface area contributed by atoms with Crippen LogP contribution >= 0.6 is 0 Å². The van der Waals surface area contributed by atoms with Crippen LogP contribution < -0.4 is 17.3 Å². The van der Waals surface area contributed by atoms with Crippen molar-refractivity contribution in [1.29, 1.82) is 0 Å². The van der Waals surface area contributed by atoms with Crippen molar-refractivity contribution in [2.75, 3.05) is 0 Å². The van der Waals surface area contributed by atoms with Gasteiger partial charge in [-0.05, 0) is 36.6 Å². The lowest BCUT2D eigenvalue weighted by Crippen LogP contribution is -2.24. The Morgan fingerprint density at radius 1 is 1.03 bits per heavy atom. The van der Waals surface area contributed by atoms with Gasteiger partial charge in [-0.2, -0.15) is 5.10 Å². The number of hydrazone groups is 1. The zero-order chi connectivity index (χ0) is 23.2. The predicted octanol–water partition coefficient (Wildman–Crippen LogP) is 3.67. The Balaban J connectivity index is 1.66. The molecule has 0 saturated heterocycles. The average Bonchev–Trinajstić information content (AvgIpc) is 3.18. The first kappa shape index (κ1) is 22.1. The highest BCUT2D eigenvalue weighted by atomic mass is 16.1. The zero-order valence-corrected chi connectivity index (χ0v) is 18.7. The van der Waals surface area contributed by atoms with Crippen LogP contribution in [-0.4, -0.2) is 20.0 Å². The van der Waals surface area contributed by atoms with Crippen LogP contribution in [0.25, 0.3) is 16.9 Å². The van der Waals surface area contributed by atoms with Crippen LogP contribution in [0.4, 0.5) is 0 Å². The summed E-state index contributed by atoms with van der Waals surface area (Å²) in [5.41, 5.74) is 11.1. The number of amidine groups is 1. The van der Waals surface area contributed by atoms with Gasteiger partial charge in [-0.25, -0.2) is 4.79 Å². The van der Waals surface area contributed by atoms with Gasteiger partial charge in [-0.15, -0.1) is 0 Å². The molecule has 0 radical (unpaired) electrons. The van der Waals surface area contributed by atoms with E-state index in [-0.39, 0.29) is 11.5 Å². The Labute approximate surface area is 193 Å². The number of benzene rings is 2. The summed E-state index contributed by atoms with van der Waals surface area (Å²) >= 11 is 0. The lowest BCUT2D eigenvalue weighted by atomic mass is 10.0. The fourth-order valence-corrected chi connectivity index (χ4v) is 3.89. The minimum atomic E-state index is -0.0475. The number of rotatable bonds is 8.